The van der Waals surface area contributed by atoms with Gasteiger partial charge in [0.05, 0.1) is 17.6 Å². The van der Waals surface area contributed by atoms with Crippen molar-refractivity contribution in [1.82, 2.24) is 5.32 Å². The van der Waals surface area contributed by atoms with E-state index in [1.54, 1.807) is 12.1 Å². The molecule has 0 unspecified atom stereocenters. The number of hydrogen-bond donors (Lipinski definition) is 1. The largest absolute Gasteiger partial charge is 0.377 e. The second kappa shape index (κ2) is 7.31. The molecule has 1 aromatic rings. The zero-order chi connectivity index (χ0) is 13.5. The molecule has 1 N–H and O–H groups in total. The summed E-state index contributed by atoms with van der Waals surface area (Å²) in [4.78, 5) is 10.2. The Labute approximate surface area is 111 Å². The van der Waals surface area contributed by atoms with E-state index in [9.17, 15) is 10.1 Å². The molecule has 0 radical (unpaired) electrons. The van der Waals surface area contributed by atoms with Crippen LogP contribution in [-0.2, 0) is 11.3 Å². The molecule has 0 heterocycles. The minimum Gasteiger partial charge on any atom is -0.377 e. The number of nitrogens with one attached hydrogen (secondary N) is 1. The average Bonchev–Trinajstić information content (AvgIpc) is 2.30. The summed E-state index contributed by atoms with van der Waals surface area (Å²) < 4.78 is 5.37. The van der Waals surface area contributed by atoms with E-state index in [1.807, 2.05) is 13.8 Å². The summed E-state index contributed by atoms with van der Waals surface area (Å²) in [6.07, 6.45) is 0.211. The van der Waals surface area contributed by atoms with Gasteiger partial charge in [-0.2, -0.15) is 0 Å². The molecule has 0 saturated carbocycles. The minimum atomic E-state index is -0.478. The topological polar surface area (TPSA) is 64.4 Å². The average molecular weight is 273 g/mol. The number of rotatable bonds is 7. The van der Waals surface area contributed by atoms with Crippen LogP contribution in [0.1, 0.15) is 19.4 Å². The monoisotopic (exact) mass is 272 g/mol. The van der Waals surface area contributed by atoms with Gasteiger partial charge in [0, 0.05) is 19.2 Å². The number of benzene rings is 1. The molecule has 1 rings (SSSR count). The zero-order valence-electron chi connectivity index (χ0n) is 10.5. The first-order valence-corrected chi connectivity index (χ1v) is 6.13. The third kappa shape index (κ3) is 5.00. The van der Waals surface area contributed by atoms with E-state index >= 15 is 0 Å². The van der Waals surface area contributed by atoms with Crippen LogP contribution < -0.4 is 5.32 Å². The summed E-state index contributed by atoms with van der Waals surface area (Å²) >= 11 is 5.73. The van der Waals surface area contributed by atoms with Crippen LogP contribution >= 0.6 is 11.6 Å². The number of ether oxygens (including phenoxy) is 1. The van der Waals surface area contributed by atoms with Crippen molar-refractivity contribution in [2.75, 3.05) is 13.2 Å². The fraction of sp³-hybridized carbons (Fsp3) is 0.500. The molecule has 18 heavy (non-hydrogen) atoms. The first kappa shape index (κ1) is 14.9. The molecular formula is C12H17ClN2O3. The van der Waals surface area contributed by atoms with Crippen molar-refractivity contribution in [3.05, 3.63) is 38.9 Å². The molecule has 1 aromatic carbocycles. The van der Waals surface area contributed by atoms with E-state index in [0.717, 1.165) is 5.56 Å². The maximum Gasteiger partial charge on any atom is 0.288 e. The van der Waals surface area contributed by atoms with Crippen molar-refractivity contribution in [2.24, 2.45) is 0 Å². The van der Waals surface area contributed by atoms with E-state index in [1.165, 1.54) is 6.07 Å². The highest BCUT2D eigenvalue weighted by atomic mass is 35.5. The van der Waals surface area contributed by atoms with Gasteiger partial charge in [0.2, 0.25) is 0 Å². The molecule has 0 spiro atoms. The molecule has 0 aliphatic carbocycles. The standard InChI is InChI=1S/C12H17ClN2O3/c1-9(2)18-6-5-14-8-10-3-4-11(13)12(7-10)15(16)17/h3-4,7,9,14H,5-6,8H2,1-2H3. The third-order valence-electron chi connectivity index (χ3n) is 2.27. The fourth-order valence-electron chi connectivity index (χ4n) is 1.41. The second-order valence-corrected chi connectivity index (χ2v) is 4.55. The first-order chi connectivity index (χ1) is 8.50. The maximum absolute atomic E-state index is 10.7. The van der Waals surface area contributed by atoms with Crippen molar-refractivity contribution in [3.8, 4) is 0 Å². The number of nitro benzene ring substituents is 1. The van der Waals surface area contributed by atoms with Crippen LogP contribution in [0.2, 0.25) is 5.02 Å². The Morgan fingerprint density at radius 1 is 1.50 bits per heavy atom. The Hall–Kier alpha value is -1.17. The Morgan fingerprint density at radius 2 is 2.22 bits per heavy atom. The molecule has 0 amide bonds. The fourth-order valence-corrected chi connectivity index (χ4v) is 1.59. The van der Waals surface area contributed by atoms with E-state index in [0.29, 0.717) is 19.7 Å². The SMILES string of the molecule is CC(C)OCCNCc1ccc(Cl)c([N+](=O)[O-])c1. The summed E-state index contributed by atoms with van der Waals surface area (Å²) in [5, 5.41) is 14.0. The predicted molar refractivity (Wildman–Crippen MR) is 70.9 cm³/mol. The van der Waals surface area contributed by atoms with E-state index < -0.39 is 4.92 Å². The number of nitro groups is 1. The van der Waals surface area contributed by atoms with Crippen molar-refractivity contribution in [1.29, 1.82) is 0 Å². The quantitative estimate of drug-likeness (QED) is 0.471. The molecular weight excluding hydrogens is 256 g/mol. The van der Waals surface area contributed by atoms with Crippen LogP contribution in [0.25, 0.3) is 0 Å². The van der Waals surface area contributed by atoms with Gasteiger partial charge in [-0.25, -0.2) is 0 Å². The van der Waals surface area contributed by atoms with Crippen LogP contribution in [0.3, 0.4) is 0 Å². The minimum absolute atomic E-state index is 0.0607. The number of hydrogen-bond acceptors (Lipinski definition) is 4. The molecule has 100 valence electrons. The zero-order valence-corrected chi connectivity index (χ0v) is 11.2. The van der Waals surface area contributed by atoms with Gasteiger partial charge < -0.3 is 10.1 Å². The molecule has 0 atom stereocenters. The highest BCUT2D eigenvalue weighted by Gasteiger charge is 2.12. The predicted octanol–water partition coefficient (Wildman–Crippen LogP) is 2.76. The molecule has 0 aromatic heterocycles. The Morgan fingerprint density at radius 3 is 2.83 bits per heavy atom. The lowest BCUT2D eigenvalue weighted by Crippen LogP contribution is -2.20. The lowest BCUT2D eigenvalue weighted by atomic mass is 10.2. The summed E-state index contributed by atoms with van der Waals surface area (Å²) in [6, 6.07) is 4.80. The van der Waals surface area contributed by atoms with Gasteiger partial charge in [-0.1, -0.05) is 17.7 Å². The van der Waals surface area contributed by atoms with Crippen molar-refractivity contribution >= 4 is 17.3 Å². The molecule has 0 fully saturated rings. The van der Waals surface area contributed by atoms with Crippen LogP contribution in [-0.4, -0.2) is 24.2 Å². The van der Waals surface area contributed by atoms with Crippen LogP contribution in [0.5, 0.6) is 0 Å². The van der Waals surface area contributed by atoms with Crippen molar-refractivity contribution in [2.45, 2.75) is 26.5 Å². The van der Waals surface area contributed by atoms with Crippen LogP contribution in [0.15, 0.2) is 18.2 Å². The highest BCUT2D eigenvalue weighted by molar-refractivity contribution is 6.32. The number of halogens is 1. The van der Waals surface area contributed by atoms with Gasteiger partial charge in [-0.3, -0.25) is 10.1 Å². The van der Waals surface area contributed by atoms with E-state index in [-0.39, 0.29) is 16.8 Å². The summed E-state index contributed by atoms with van der Waals surface area (Å²) in [5.74, 6) is 0. The second-order valence-electron chi connectivity index (χ2n) is 4.14. The number of nitrogens with zero attached hydrogens (tertiary/aromatic N) is 1. The smallest absolute Gasteiger partial charge is 0.288 e. The van der Waals surface area contributed by atoms with Gasteiger partial charge in [-0.15, -0.1) is 0 Å². The molecule has 0 aliphatic heterocycles. The van der Waals surface area contributed by atoms with Crippen LogP contribution in [0, 0.1) is 10.1 Å². The summed E-state index contributed by atoms with van der Waals surface area (Å²) in [7, 11) is 0. The van der Waals surface area contributed by atoms with Gasteiger partial charge in [0.1, 0.15) is 5.02 Å². The van der Waals surface area contributed by atoms with Crippen molar-refractivity contribution < 1.29 is 9.66 Å². The van der Waals surface area contributed by atoms with Gasteiger partial charge >= 0.3 is 0 Å². The first-order valence-electron chi connectivity index (χ1n) is 5.76. The lowest BCUT2D eigenvalue weighted by molar-refractivity contribution is -0.384. The van der Waals surface area contributed by atoms with Crippen molar-refractivity contribution in [3.63, 3.8) is 0 Å². The Balaban J connectivity index is 2.43. The van der Waals surface area contributed by atoms with E-state index in [4.69, 9.17) is 16.3 Å². The lowest BCUT2D eigenvalue weighted by Gasteiger charge is -2.08. The molecule has 6 heteroatoms. The van der Waals surface area contributed by atoms with Gasteiger partial charge in [0.25, 0.3) is 5.69 Å². The molecule has 0 aliphatic rings. The Kier molecular flexibility index (Phi) is 6.04. The van der Waals surface area contributed by atoms with Gasteiger partial charge in [0.15, 0.2) is 0 Å². The molecule has 0 saturated heterocycles. The van der Waals surface area contributed by atoms with E-state index in [2.05, 4.69) is 5.32 Å². The summed E-state index contributed by atoms with van der Waals surface area (Å²) in [5.41, 5.74) is 0.769. The normalized spacial score (nSPS) is 10.9. The summed E-state index contributed by atoms with van der Waals surface area (Å²) in [6.45, 7) is 5.83. The Bertz CT molecular complexity index is 410. The van der Waals surface area contributed by atoms with Gasteiger partial charge in [-0.05, 0) is 25.5 Å². The maximum atomic E-state index is 10.7. The highest BCUT2D eigenvalue weighted by Crippen LogP contribution is 2.24. The molecule has 0 bridgehead atoms. The third-order valence-corrected chi connectivity index (χ3v) is 2.59. The van der Waals surface area contributed by atoms with Crippen LogP contribution in [0.4, 0.5) is 5.69 Å². The molecule has 5 nitrogen and oxygen atoms in total.